The van der Waals surface area contributed by atoms with Gasteiger partial charge in [-0.2, -0.15) is 0 Å². The molecule has 0 saturated heterocycles. The summed E-state index contributed by atoms with van der Waals surface area (Å²) in [7, 11) is 0. The highest BCUT2D eigenvalue weighted by atomic mass is 79.9. The number of hydrogen-bond acceptors (Lipinski definition) is 4. The third-order valence-corrected chi connectivity index (χ3v) is 2.88. The molecule has 0 aliphatic rings. The lowest BCUT2D eigenvalue weighted by atomic mass is 10.3. The minimum atomic E-state index is -0.294. The van der Waals surface area contributed by atoms with Gasteiger partial charge in [0.15, 0.2) is 10.4 Å². The highest BCUT2D eigenvalue weighted by molar-refractivity contribution is 9.10. The average Bonchev–Trinajstić information content (AvgIpc) is 2.80. The van der Waals surface area contributed by atoms with Gasteiger partial charge in [0.1, 0.15) is 0 Å². The molecule has 1 aromatic heterocycles. The normalized spacial score (nSPS) is 10.3. The first kappa shape index (κ1) is 15.8. The molecular weight excluding hydrogens is 314 g/mol. The van der Waals surface area contributed by atoms with Gasteiger partial charge >= 0.3 is 5.97 Å². The van der Waals surface area contributed by atoms with Crippen LogP contribution in [0.25, 0.3) is 0 Å². The number of nitrogens with zero attached hydrogens (tertiary/aromatic N) is 1. The van der Waals surface area contributed by atoms with E-state index in [0.29, 0.717) is 24.4 Å². The highest BCUT2D eigenvalue weighted by Gasteiger charge is 2.19. The van der Waals surface area contributed by atoms with Gasteiger partial charge in [0.05, 0.1) is 13.0 Å². The molecule has 19 heavy (non-hydrogen) atoms. The lowest BCUT2D eigenvalue weighted by Gasteiger charge is -2.20. The molecule has 0 aliphatic heterocycles. The van der Waals surface area contributed by atoms with Crippen LogP contribution in [0.1, 0.15) is 37.2 Å². The summed E-state index contributed by atoms with van der Waals surface area (Å²) >= 11 is 3.16. The van der Waals surface area contributed by atoms with E-state index < -0.39 is 0 Å². The van der Waals surface area contributed by atoms with Gasteiger partial charge in [0, 0.05) is 13.1 Å². The molecule has 1 amide bonds. The summed E-state index contributed by atoms with van der Waals surface area (Å²) < 4.78 is 10.6. The van der Waals surface area contributed by atoms with Crippen molar-refractivity contribution in [2.75, 3.05) is 19.7 Å². The van der Waals surface area contributed by atoms with Crippen LogP contribution in [0.5, 0.6) is 0 Å². The Bertz CT molecular complexity index is 430. The number of ether oxygens (including phenoxy) is 1. The molecule has 0 unspecified atom stereocenters. The maximum absolute atomic E-state index is 12.2. The molecule has 1 rings (SSSR count). The van der Waals surface area contributed by atoms with E-state index in [1.54, 1.807) is 24.0 Å². The maximum atomic E-state index is 12.2. The third kappa shape index (κ3) is 5.06. The third-order valence-electron chi connectivity index (χ3n) is 2.46. The standard InChI is InChI=1S/C13H18BrNO4/c1-3-8-15(9-7-12(16)18-4-2)13(17)10-5-6-11(14)19-10/h5-6H,3-4,7-9H2,1-2H3. The predicted molar refractivity (Wildman–Crippen MR) is 73.9 cm³/mol. The molecule has 0 aliphatic carbocycles. The van der Waals surface area contributed by atoms with E-state index in [1.807, 2.05) is 6.92 Å². The summed E-state index contributed by atoms with van der Waals surface area (Å²) in [5, 5.41) is 0. The largest absolute Gasteiger partial charge is 0.466 e. The van der Waals surface area contributed by atoms with Crippen LogP contribution in [0, 0.1) is 0 Å². The van der Waals surface area contributed by atoms with Gasteiger partial charge in [-0.15, -0.1) is 0 Å². The quantitative estimate of drug-likeness (QED) is 0.721. The van der Waals surface area contributed by atoms with E-state index in [-0.39, 0.29) is 24.1 Å². The van der Waals surface area contributed by atoms with Crippen molar-refractivity contribution in [3.8, 4) is 0 Å². The first-order valence-electron chi connectivity index (χ1n) is 6.28. The van der Waals surface area contributed by atoms with Gasteiger partial charge in [0.2, 0.25) is 0 Å². The summed E-state index contributed by atoms with van der Waals surface area (Å²) in [6, 6.07) is 3.28. The molecule has 1 heterocycles. The van der Waals surface area contributed by atoms with Crippen LogP contribution < -0.4 is 0 Å². The summed E-state index contributed by atoms with van der Waals surface area (Å²) in [5.74, 6) is -0.238. The predicted octanol–water partition coefficient (Wildman–Crippen LogP) is 2.85. The lowest BCUT2D eigenvalue weighted by Crippen LogP contribution is -2.33. The Labute approximate surface area is 121 Å². The van der Waals surface area contributed by atoms with E-state index in [9.17, 15) is 9.59 Å². The number of furan rings is 1. The topological polar surface area (TPSA) is 59.8 Å². The van der Waals surface area contributed by atoms with Crippen molar-refractivity contribution in [3.63, 3.8) is 0 Å². The monoisotopic (exact) mass is 331 g/mol. The van der Waals surface area contributed by atoms with E-state index in [0.717, 1.165) is 6.42 Å². The van der Waals surface area contributed by atoms with Crippen LogP contribution in [0.3, 0.4) is 0 Å². The summed E-state index contributed by atoms with van der Waals surface area (Å²) in [6.07, 6.45) is 1.01. The Morgan fingerprint density at radius 3 is 2.58 bits per heavy atom. The molecule has 6 heteroatoms. The number of halogens is 1. The summed E-state index contributed by atoms with van der Waals surface area (Å²) in [4.78, 5) is 25.1. The van der Waals surface area contributed by atoms with Crippen molar-refractivity contribution in [1.29, 1.82) is 0 Å². The number of amides is 1. The number of hydrogen-bond donors (Lipinski definition) is 0. The Hall–Kier alpha value is -1.30. The van der Waals surface area contributed by atoms with Crippen LogP contribution in [-0.4, -0.2) is 36.5 Å². The molecule has 0 spiro atoms. The molecule has 0 radical (unpaired) electrons. The number of rotatable bonds is 7. The minimum Gasteiger partial charge on any atom is -0.466 e. The number of carbonyl (C=O) groups excluding carboxylic acids is 2. The molecule has 0 bridgehead atoms. The van der Waals surface area contributed by atoms with Gasteiger partial charge in [-0.1, -0.05) is 6.92 Å². The Morgan fingerprint density at radius 1 is 1.32 bits per heavy atom. The van der Waals surface area contributed by atoms with Gasteiger partial charge < -0.3 is 14.1 Å². The van der Waals surface area contributed by atoms with Gasteiger partial charge in [0.25, 0.3) is 5.91 Å². The molecule has 1 aromatic rings. The van der Waals surface area contributed by atoms with E-state index in [1.165, 1.54) is 0 Å². The zero-order chi connectivity index (χ0) is 14.3. The van der Waals surface area contributed by atoms with Crippen LogP contribution in [0.15, 0.2) is 21.2 Å². The molecule has 0 fully saturated rings. The fraction of sp³-hybridized carbons (Fsp3) is 0.538. The van der Waals surface area contributed by atoms with Crippen molar-refractivity contribution >= 4 is 27.8 Å². The first-order chi connectivity index (χ1) is 9.08. The van der Waals surface area contributed by atoms with Crippen molar-refractivity contribution in [3.05, 3.63) is 22.6 Å². The second-order valence-corrected chi connectivity index (χ2v) is 4.73. The van der Waals surface area contributed by atoms with Crippen molar-refractivity contribution in [1.82, 2.24) is 4.90 Å². The zero-order valence-electron chi connectivity index (χ0n) is 11.1. The molecule has 0 saturated carbocycles. The van der Waals surface area contributed by atoms with Crippen LogP contribution in [0.2, 0.25) is 0 Å². The average molecular weight is 332 g/mol. The first-order valence-corrected chi connectivity index (χ1v) is 7.08. The molecule has 5 nitrogen and oxygen atoms in total. The Balaban J connectivity index is 2.61. The Morgan fingerprint density at radius 2 is 2.05 bits per heavy atom. The van der Waals surface area contributed by atoms with Crippen molar-refractivity contribution in [2.24, 2.45) is 0 Å². The minimum absolute atomic E-state index is 0.196. The SMILES string of the molecule is CCCN(CCC(=O)OCC)C(=O)c1ccc(Br)o1. The van der Waals surface area contributed by atoms with Crippen LogP contribution in [-0.2, 0) is 9.53 Å². The summed E-state index contributed by atoms with van der Waals surface area (Å²) in [5.41, 5.74) is 0. The summed E-state index contributed by atoms with van der Waals surface area (Å²) in [6.45, 7) is 5.00. The second kappa shape index (κ2) is 7.99. The molecule has 0 N–H and O–H groups in total. The van der Waals surface area contributed by atoms with Crippen molar-refractivity contribution < 1.29 is 18.7 Å². The highest BCUT2D eigenvalue weighted by Crippen LogP contribution is 2.16. The van der Waals surface area contributed by atoms with Crippen LogP contribution >= 0.6 is 15.9 Å². The fourth-order valence-corrected chi connectivity index (χ4v) is 1.94. The maximum Gasteiger partial charge on any atom is 0.307 e. The van der Waals surface area contributed by atoms with Gasteiger partial charge in [-0.25, -0.2) is 0 Å². The lowest BCUT2D eigenvalue weighted by molar-refractivity contribution is -0.143. The molecular formula is C13H18BrNO4. The number of carbonyl (C=O) groups is 2. The van der Waals surface area contributed by atoms with E-state index >= 15 is 0 Å². The molecule has 0 aromatic carbocycles. The molecule has 0 atom stereocenters. The van der Waals surface area contributed by atoms with Crippen molar-refractivity contribution in [2.45, 2.75) is 26.7 Å². The van der Waals surface area contributed by atoms with E-state index in [4.69, 9.17) is 9.15 Å². The van der Waals surface area contributed by atoms with Gasteiger partial charge in [-0.05, 0) is 41.4 Å². The van der Waals surface area contributed by atoms with Crippen LogP contribution in [0.4, 0.5) is 0 Å². The second-order valence-electron chi connectivity index (χ2n) is 3.95. The number of esters is 1. The Kier molecular flexibility index (Phi) is 6.62. The van der Waals surface area contributed by atoms with E-state index in [2.05, 4.69) is 15.9 Å². The fourth-order valence-electron chi connectivity index (χ4n) is 1.63. The zero-order valence-corrected chi connectivity index (χ0v) is 12.7. The smallest absolute Gasteiger partial charge is 0.307 e. The molecule has 106 valence electrons. The van der Waals surface area contributed by atoms with Gasteiger partial charge in [-0.3, -0.25) is 9.59 Å².